The lowest BCUT2D eigenvalue weighted by Crippen LogP contribution is -2.37. The summed E-state index contributed by atoms with van der Waals surface area (Å²) in [5.41, 5.74) is 0. The summed E-state index contributed by atoms with van der Waals surface area (Å²) in [6, 6.07) is 0. The standard InChI is InChI=1S/C11H17NO5/c1-4-5-14-8-7(6-12-13)15-10-9(8)16-11(2,3)17-10/h4,6-10,13H,1,5H2,2-3H3/b12-6-/t7-,8+,9-,10-/m1/s1. The van der Waals surface area contributed by atoms with Crippen LogP contribution in [-0.2, 0) is 18.9 Å². The molecule has 6 nitrogen and oxygen atoms in total. The molecule has 0 aromatic carbocycles. The fourth-order valence-corrected chi connectivity index (χ4v) is 2.06. The van der Waals surface area contributed by atoms with Gasteiger partial charge in [-0.3, -0.25) is 0 Å². The van der Waals surface area contributed by atoms with Gasteiger partial charge in [0.25, 0.3) is 0 Å². The minimum Gasteiger partial charge on any atom is -0.411 e. The van der Waals surface area contributed by atoms with Crippen LogP contribution in [0.2, 0.25) is 0 Å². The Labute approximate surface area is 99.8 Å². The van der Waals surface area contributed by atoms with Crippen molar-refractivity contribution in [3.63, 3.8) is 0 Å². The molecule has 2 aliphatic heterocycles. The summed E-state index contributed by atoms with van der Waals surface area (Å²) in [5, 5.41) is 11.5. The van der Waals surface area contributed by atoms with Crippen molar-refractivity contribution in [1.82, 2.24) is 0 Å². The van der Waals surface area contributed by atoms with E-state index in [1.165, 1.54) is 6.21 Å². The van der Waals surface area contributed by atoms with Crippen molar-refractivity contribution in [1.29, 1.82) is 0 Å². The van der Waals surface area contributed by atoms with Crippen molar-refractivity contribution in [2.45, 2.75) is 44.2 Å². The average molecular weight is 243 g/mol. The molecule has 17 heavy (non-hydrogen) atoms. The van der Waals surface area contributed by atoms with Crippen molar-refractivity contribution >= 4 is 6.21 Å². The molecule has 0 unspecified atom stereocenters. The number of ether oxygens (including phenoxy) is 4. The third kappa shape index (κ3) is 2.50. The minimum atomic E-state index is -0.688. The quantitative estimate of drug-likeness (QED) is 0.344. The van der Waals surface area contributed by atoms with Crippen LogP contribution < -0.4 is 0 Å². The molecule has 4 atom stereocenters. The van der Waals surface area contributed by atoms with Crippen LogP contribution >= 0.6 is 0 Å². The molecule has 0 aromatic rings. The molecule has 0 bridgehead atoms. The first-order chi connectivity index (χ1) is 8.07. The lowest BCUT2D eigenvalue weighted by Gasteiger charge is -2.23. The second-order valence-electron chi connectivity index (χ2n) is 4.42. The Balaban J connectivity index is 2.08. The SMILES string of the molecule is C=CCO[C@@H]1[C@H]2OC(C)(C)O[C@H]2O[C@@H]1/C=N\O. The Bertz CT molecular complexity index is 317. The van der Waals surface area contributed by atoms with Gasteiger partial charge in [0.15, 0.2) is 12.1 Å². The minimum absolute atomic E-state index is 0.326. The van der Waals surface area contributed by atoms with Crippen molar-refractivity contribution in [3.05, 3.63) is 12.7 Å². The van der Waals surface area contributed by atoms with Gasteiger partial charge in [-0.15, -0.1) is 6.58 Å². The lowest BCUT2D eigenvalue weighted by molar-refractivity contribution is -0.208. The Hall–Kier alpha value is -0.950. The summed E-state index contributed by atoms with van der Waals surface area (Å²) in [6.07, 6.45) is 1.24. The summed E-state index contributed by atoms with van der Waals surface area (Å²) in [4.78, 5) is 0. The van der Waals surface area contributed by atoms with Crippen LogP contribution in [0.1, 0.15) is 13.8 Å². The zero-order chi connectivity index (χ0) is 12.5. The highest BCUT2D eigenvalue weighted by Gasteiger charge is 2.55. The Kier molecular flexibility index (Phi) is 3.48. The number of hydrogen-bond acceptors (Lipinski definition) is 6. The van der Waals surface area contributed by atoms with Gasteiger partial charge in [0, 0.05) is 0 Å². The fourth-order valence-electron chi connectivity index (χ4n) is 2.06. The van der Waals surface area contributed by atoms with E-state index in [-0.39, 0.29) is 12.2 Å². The summed E-state index contributed by atoms with van der Waals surface area (Å²) in [7, 11) is 0. The molecule has 96 valence electrons. The van der Waals surface area contributed by atoms with Crippen LogP contribution in [0.3, 0.4) is 0 Å². The maximum atomic E-state index is 8.57. The van der Waals surface area contributed by atoms with Crippen LogP contribution in [0.25, 0.3) is 0 Å². The molecular formula is C11H17NO5. The molecule has 0 aliphatic carbocycles. The molecule has 0 aromatic heterocycles. The second kappa shape index (κ2) is 4.73. The number of fused-ring (bicyclic) bond motifs is 1. The zero-order valence-corrected chi connectivity index (χ0v) is 9.91. The molecule has 2 aliphatic rings. The van der Waals surface area contributed by atoms with E-state index in [1.807, 2.05) is 13.8 Å². The van der Waals surface area contributed by atoms with E-state index in [4.69, 9.17) is 24.2 Å². The van der Waals surface area contributed by atoms with Gasteiger partial charge in [-0.1, -0.05) is 11.2 Å². The largest absolute Gasteiger partial charge is 0.411 e. The first kappa shape index (κ1) is 12.5. The smallest absolute Gasteiger partial charge is 0.190 e. The molecule has 2 fully saturated rings. The van der Waals surface area contributed by atoms with Crippen LogP contribution in [0.4, 0.5) is 0 Å². The molecule has 2 rings (SSSR count). The molecule has 0 radical (unpaired) electrons. The van der Waals surface area contributed by atoms with Gasteiger partial charge in [-0.05, 0) is 13.8 Å². The topological polar surface area (TPSA) is 69.5 Å². The molecular weight excluding hydrogens is 226 g/mol. The first-order valence-corrected chi connectivity index (χ1v) is 5.48. The fraction of sp³-hybridized carbons (Fsp3) is 0.727. The zero-order valence-electron chi connectivity index (χ0n) is 9.91. The maximum absolute atomic E-state index is 8.57. The normalized spacial score (nSPS) is 39.6. The van der Waals surface area contributed by atoms with Gasteiger partial charge in [-0.25, -0.2) is 0 Å². The van der Waals surface area contributed by atoms with Crippen molar-refractivity contribution < 1.29 is 24.2 Å². The third-order valence-electron chi connectivity index (χ3n) is 2.65. The monoisotopic (exact) mass is 243 g/mol. The number of rotatable bonds is 4. The van der Waals surface area contributed by atoms with Crippen molar-refractivity contribution in [2.75, 3.05) is 6.61 Å². The van der Waals surface area contributed by atoms with Crippen LogP contribution in [0.15, 0.2) is 17.8 Å². The van der Waals surface area contributed by atoms with E-state index in [0.29, 0.717) is 6.61 Å². The third-order valence-corrected chi connectivity index (χ3v) is 2.65. The van der Waals surface area contributed by atoms with Crippen molar-refractivity contribution in [3.8, 4) is 0 Å². The number of hydrogen-bond donors (Lipinski definition) is 1. The van der Waals surface area contributed by atoms with E-state index in [0.717, 1.165) is 0 Å². The van der Waals surface area contributed by atoms with E-state index in [2.05, 4.69) is 11.7 Å². The van der Waals surface area contributed by atoms with Crippen molar-refractivity contribution in [2.24, 2.45) is 5.16 Å². The maximum Gasteiger partial charge on any atom is 0.190 e. The average Bonchev–Trinajstić information content (AvgIpc) is 2.68. The molecule has 2 saturated heterocycles. The van der Waals surface area contributed by atoms with Gasteiger partial charge in [0.1, 0.15) is 18.3 Å². The first-order valence-electron chi connectivity index (χ1n) is 5.48. The Morgan fingerprint density at radius 3 is 2.88 bits per heavy atom. The molecule has 2 heterocycles. The summed E-state index contributed by atoms with van der Waals surface area (Å²) in [6.45, 7) is 7.59. The summed E-state index contributed by atoms with van der Waals surface area (Å²) >= 11 is 0. The summed E-state index contributed by atoms with van der Waals surface area (Å²) < 4.78 is 22.4. The molecule has 0 saturated carbocycles. The van der Waals surface area contributed by atoms with E-state index < -0.39 is 18.2 Å². The van der Waals surface area contributed by atoms with Crippen LogP contribution in [0.5, 0.6) is 0 Å². The number of nitrogens with zero attached hydrogens (tertiary/aromatic N) is 1. The van der Waals surface area contributed by atoms with E-state index in [9.17, 15) is 0 Å². The highest BCUT2D eigenvalue weighted by Crippen LogP contribution is 2.38. The molecule has 0 spiro atoms. The Morgan fingerprint density at radius 2 is 2.24 bits per heavy atom. The lowest BCUT2D eigenvalue weighted by atomic mass is 10.1. The van der Waals surface area contributed by atoms with Gasteiger partial charge < -0.3 is 24.2 Å². The molecule has 1 N–H and O–H groups in total. The van der Waals surface area contributed by atoms with Gasteiger partial charge >= 0.3 is 0 Å². The van der Waals surface area contributed by atoms with Gasteiger partial charge in [0.2, 0.25) is 0 Å². The second-order valence-corrected chi connectivity index (χ2v) is 4.42. The van der Waals surface area contributed by atoms with Crippen LogP contribution in [0, 0.1) is 0 Å². The van der Waals surface area contributed by atoms with E-state index >= 15 is 0 Å². The highest BCUT2D eigenvalue weighted by atomic mass is 16.8. The van der Waals surface area contributed by atoms with Crippen LogP contribution in [-0.4, -0.2) is 48.4 Å². The Morgan fingerprint density at radius 1 is 1.47 bits per heavy atom. The predicted molar refractivity (Wildman–Crippen MR) is 58.9 cm³/mol. The van der Waals surface area contributed by atoms with Gasteiger partial charge in [-0.2, -0.15) is 0 Å². The van der Waals surface area contributed by atoms with E-state index in [1.54, 1.807) is 6.08 Å². The predicted octanol–water partition coefficient (Wildman–Crippen LogP) is 0.894. The molecule has 0 amide bonds. The highest BCUT2D eigenvalue weighted by molar-refractivity contribution is 5.64. The summed E-state index contributed by atoms with van der Waals surface area (Å²) in [5.74, 6) is -0.688. The molecule has 6 heteroatoms. The number of oxime groups is 1. The van der Waals surface area contributed by atoms with Gasteiger partial charge in [0.05, 0.1) is 12.8 Å².